The molecule has 1 saturated carbocycles. The van der Waals surface area contributed by atoms with Crippen molar-refractivity contribution in [2.45, 2.75) is 20.5 Å². The number of halogens is 3. The largest absolute Gasteiger partial charge is 0.461 e. The van der Waals surface area contributed by atoms with E-state index in [2.05, 4.69) is 0 Å². The molecule has 1 aliphatic carbocycles. The minimum Gasteiger partial charge on any atom is -0.461 e. The van der Waals surface area contributed by atoms with Crippen LogP contribution in [0.1, 0.15) is 19.4 Å². The van der Waals surface area contributed by atoms with Crippen molar-refractivity contribution in [2.24, 2.45) is 17.3 Å². The number of ether oxygens (including phenoxy) is 1. The number of benzene rings is 2. The van der Waals surface area contributed by atoms with Crippen molar-refractivity contribution in [3.05, 3.63) is 69.7 Å². The van der Waals surface area contributed by atoms with Gasteiger partial charge in [-0.2, -0.15) is 0 Å². The molecule has 0 heterocycles. The first-order valence-corrected chi connectivity index (χ1v) is 9.47. The summed E-state index contributed by atoms with van der Waals surface area (Å²) in [6.45, 7) is 4.13. The molecule has 0 radical (unpaired) electrons. The molecule has 136 valence electrons. The van der Waals surface area contributed by atoms with Gasteiger partial charge in [-0.05, 0) is 40.7 Å². The number of hydrogen-bond acceptors (Lipinski definition) is 2. The molecule has 26 heavy (non-hydrogen) atoms. The van der Waals surface area contributed by atoms with Crippen molar-refractivity contribution in [1.82, 2.24) is 0 Å². The number of carbonyl (C=O) groups is 1. The van der Waals surface area contributed by atoms with E-state index in [0.29, 0.717) is 5.02 Å². The molecule has 2 nitrogen and oxygen atoms in total. The molecule has 5 heteroatoms. The average molecular weight is 410 g/mol. The highest BCUT2D eigenvalue weighted by Gasteiger charge is 2.61. The Hall–Kier alpha value is -1.48. The van der Waals surface area contributed by atoms with Crippen LogP contribution in [0.25, 0.3) is 11.1 Å². The predicted octanol–water partition coefficient (Wildman–Crippen LogP) is 6.64. The molecule has 2 aromatic rings. The van der Waals surface area contributed by atoms with Crippen molar-refractivity contribution in [3.63, 3.8) is 0 Å². The molecule has 1 aliphatic rings. The van der Waals surface area contributed by atoms with Gasteiger partial charge in [0, 0.05) is 10.6 Å². The number of carbonyl (C=O) groups excluding carboxylic acids is 1. The Morgan fingerprint density at radius 1 is 1.12 bits per heavy atom. The zero-order valence-corrected chi connectivity index (χ0v) is 16.8. The van der Waals surface area contributed by atoms with Crippen LogP contribution in [0.4, 0.5) is 0 Å². The molecule has 0 bridgehead atoms. The Balaban J connectivity index is 1.70. The molecule has 2 aromatic carbocycles. The zero-order valence-electron chi connectivity index (χ0n) is 14.5. The normalized spacial score (nSPS) is 20.3. The molecule has 1 fully saturated rings. The molecule has 0 saturated heterocycles. The second-order valence-corrected chi connectivity index (χ2v) is 8.48. The second-order valence-electron chi connectivity index (χ2n) is 7.06. The Morgan fingerprint density at radius 3 is 2.46 bits per heavy atom. The standard InChI is InChI=1S/C21H19Cl3O2/c1-21(2)16(11-18(23)24)19(21)20(25)26-12-15-10-14(8-9-17(15)22)13-6-4-3-5-7-13/h3-11,16,19H,12H2,1-2H3. The first kappa shape index (κ1) is 19.3. The summed E-state index contributed by atoms with van der Waals surface area (Å²) < 4.78 is 5.71. The van der Waals surface area contributed by atoms with Crippen LogP contribution in [-0.4, -0.2) is 5.97 Å². The van der Waals surface area contributed by atoms with Gasteiger partial charge < -0.3 is 4.74 Å². The van der Waals surface area contributed by atoms with Gasteiger partial charge in [0.2, 0.25) is 0 Å². The van der Waals surface area contributed by atoms with E-state index >= 15 is 0 Å². The fraction of sp³-hybridized carbons (Fsp3) is 0.286. The van der Waals surface area contributed by atoms with Crippen LogP contribution in [0.5, 0.6) is 0 Å². The maximum atomic E-state index is 12.5. The van der Waals surface area contributed by atoms with Gasteiger partial charge in [-0.1, -0.05) is 85.0 Å². The number of allylic oxidation sites excluding steroid dienone is 1. The van der Waals surface area contributed by atoms with Crippen LogP contribution in [0, 0.1) is 17.3 Å². The van der Waals surface area contributed by atoms with Gasteiger partial charge in [0.15, 0.2) is 0 Å². The Morgan fingerprint density at radius 2 is 1.81 bits per heavy atom. The quantitative estimate of drug-likeness (QED) is 0.517. The first-order chi connectivity index (χ1) is 12.3. The fourth-order valence-electron chi connectivity index (χ4n) is 3.31. The van der Waals surface area contributed by atoms with E-state index in [1.54, 1.807) is 6.08 Å². The summed E-state index contributed by atoms with van der Waals surface area (Å²) in [5, 5.41) is 0.577. The van der Waals surface area contributed by atoms with Gasteiger partial charge >= 0.3 is 5.97 Å². The molecule has 2 unspecified atom stereocenters. The SMILES string of the molecule is CC1(C)C(C=C(Cl)Cl)C1C(=O)OCc1cc(-c2ccccc2)ccc1Cl. The van der Waals surface area contributed by atoms with Crippen LogP contribution in [0.3, 0.4) is 0 Å². The van der Waals surface area contributed by atoms with Crippen LogP contribution in [-0.2, 0) is 16.1 Å². The van der Waals surface area contributed by atoms with E-state index in [-0.39, 0.29) is 34.3 Å². The minimum atomic E-state index is -0.257. The van der Waals surface area contributed by atoms with E-state index in [1.807, 2.05) is 62.4 Å². The van der Waals surface area contributed by atoms with Crippen molar-refractivity contribution < 1.29 is 9.53 Å². The average Bonchev–Trinajstić information content (AvgIpc) is 3.14. The van der Waals surface area contributed by atoms with E-state index in [9.17, 15) is 4.79 Å². The summed E-state index contributed by atoms with van der Waals surface area (Å²) in [6, 6.07) is 15.7. The van der Waals surface area contributed by atoms with Crippen LogP contribution in [0.15, 0.2) is 59.1 Å². The lowest BCUT2D eigenvalue weighted by Gasteiger charge is -2.10. The van der Waals surface area contributed by atoms with Gasteiger partial charge in [-0.3, -0.25) is 4.79 Å². The van der Waals surface area contributed by atoms with Gasteiger partial charge in [-0.25, -0.2) is 0 Å². The molecule has 0 aromatic heterocycles. The molecule has 0 amide bonds. The highest BCUT2D eigenvalue weighted by atomic mass is 35.5. The third-order valence-corrected chi connectivity index (χ3v) is 5.61. The summed E-state index contributed by atoms with van der Waals surface area (Å²) in [7, 11) is 0. The predicted molar refractivity (Wildman–Crippen MR) is 107 cm³/mol. The molecule has 3 rings (SSSR count). The lowest BCUT2D eigenvalue weighted by molar-refractivity contribution is -0.147. The highest BCUT2D eigenvalue weighted by Crippen LogP contribution is 2.60. The van der Waals surface area contributed by atoms with Gasteiger partial charge in [-0.15, -0.1) is 0 Å². The summed E-state index contributed by atoms with van der Waals surface area (Å²) in [5.74, 6) is -0.510. The topological polar surface area (TPSA) is 26.3 Å². The van der Waals surface area contributed by atoms with Crippen molar-refractivity contribution >= 4 is 40.8 Å². The fourth-order valence-corrected chi connectivity index (χ4v) is 3.75. The van der Waals surface area contributed by atoms with Gasteiger partial charge in [0.25, 0.3) is 0 Å². The third-order valence-electron chi connectivity index (χ3n) is 4.99. The molecule has 0 aliphatic heterocycles. The smallest absolute Gasteiger partial charge is 0.310 e. The maximum Gasteiger partial charge on any atom is 0.310 e. The number of esters is 1. The molecule has 0 N–H and O–H groups in total. The Kier molecular flexibility index (Phi) is 5.67. The Bertz CT molecular complexity index is 840. The molecule has 2 atom stereocenters. The number of hydrogen-bond donors (Lipinski definition) is 0. The minimum absolute atomic E-state index is 0.00822. The summed E-state index contributed by atoms with van der Waals surface area (Å²) in [5.41, 5.74) is 2.69. The van der Waals surface area contributed by atoms with Gasteiger partial charge in [0.1, 0.15) is 11.1 Å². The highest BCUT2D eigenvalue weighted by molar-refractivity contribution is 6.55. The maximum absolute atomic E-state index is 12.5. The van der Waals surface area contributed by atoms with E-state index in [1.165, 1.54) is 0 Å². The zero-order chi connectivity index (χ0) is 18.9. The van der Waals surface area contributed by atoms with Crippen LogP contribution >= 0.6 is 34.8 Å². The van der Waals surface area contributed by atoms with Crippen LogP contribution < -0.4 is 0 Å². The summed E-state index contributed by atoms with van der Waals surface area (Å²) in [4.78, 5) is 12.5. The van der Waals surface area contributed by atoms with E-state index in [0.717, 1.165) is 16.7 Å². The lowest BCUT2D eigenvalue weighted by Crippen LogP contribution is -2.11. The van der Waals surface area contributed by atoms with Crippen molar-refractivity contribution in [2.75, 3.05) is 0 Å². The van der Waals surface area contributed by atoms with Crippen molar-refractivity contribution in [1.29, 1.82) is 0 Å². The second kappa shape index (κ2) is 7.64. The lowest BCUT2D eigenvalue weighted by atomic mass is 10.0. The molecular formula is C21H19Cl3O2. The molecular weight excluding hydrogens is 391 g/mol. The third kappa shape index (κ3) is 4.09. The summed E-state index contributed by atoms with van der Waals surface area (Å²) >= 11 is 17.8. The molecule has 0 spiro atoms. The Labute approximate surface area is 168 Å². The van der Waals surface area contributed by atoms with Gasteiger partial charge in [0.05, 0.1) is 5.92 Å². The monoisotopic (exact) mass is 408 g/mol. The first-order valence-electron chi connectivity index (χ1n) is 8.34. The van der Waals surface area contributed by atoms with Crippen molar-refractivity contribution in [3.8, 4) is 11.1 Å². The van der Waals surface area contributed by atoms with Crippen LogP contribution in [0.2, 0.25) is 5.02 Å². The number of rotatable bonds is 5. The van der Waals surface area contributed by atoms with E-state index in [4.69, 9.17) is 39.5 Å². The summed E-state index contributed by atoms with van der Waals surface area (Å²) in [6.07, 6.45) is 1.71. The van der Waals surface area contributed by atoms with E-state index < -0.39 is 0 Å².